The van der Waals surface area contributed by atoms with E-state index >= 15 is 0 Å². The molecule has 0 spiro atoms. The van der Waals surface area contributed by atoms with Crippen LogP contribution in [0.4, 0.5) is 4.79 Å². The number of carbonyl (C=O) groups excluding carboxylic acids is 1. The molecule has 1 N–H and O–H groups in total. The number of amides is 1. The van der Waals surface area contributed by atoms with Gasteiger partial charge in [-0.2, -0.15) is 0 Å². The third-order valence-electron chi connectivity index (χ3n) is 3.84. The number of carbonyl (C=O) groups is 1. The molecule has 1 saturated carbocycles. The molecule has 1 aliphatic heterocycles. The number of likely N-dealkylation sites (N-methyl/N-ethyl adjacent to an activating group) is 1. The maximum atomic E-state index is 12.1. The van der Waals surface area contributed by atoms with Gasteiger partial charge < -0.3 is 15.0 Å². The van der Waals surface area contributed by atoms with E-state index in [1.54, 1.807) is 0 Å². The van der Waals surface area contributed by atoms with Crippen LogP contribution in [0, 0.1) is 5.92 Å². The molecule has 1 aliphatic carbocycles. The van der Waals surface area contributed by atoms with E-state index in [1.807, 2.05) is 32.7 Å². The SMILES string of the molecule is CNC1CN(C(=O)OC(C)(C)C)C2CCCC12. The van der Waals surface area contributed by atoms with Gasteiger partial charge in [0.05, 0.1) is 0 Å². The molecule has 4 heteroatoms. The first-order valence-electron chi connectivity index (χ1n) is 6.59. The van der Waals surface area contributed by atoms with Crippen LogP contribution in [0.25, 0.3) is 0 Å². The average Bonchev–Trinajstić information content (AvgIpc) is 2.73. The zero-order valence-corrected chi connectivity index (χ0v) is 11.3. The first-order valence-corrected chi connectivity index (χ1v) is 6.59. The highest BCUT2D eigenvalue weighted by molar-refractivity contribution is 5.69. The second kappa shape index (κ2) is 4.48. The molecule has 2 fully saturated rings. The molecule has 0 aromatic heterocycles. The van der Waals surface area contributed by atoms with E-state index in [2.05, 4.69) is 5.32 Å². The van der Waals surface area contributed by atoms with Crippen LogP contribution in [0.3, 0.4) is 0 Å². The molecule has 1 saturated heterocycles. The largest absolute Gasteiger partial charge is 0.444 e. The summed E-state index contributed by atoms with van der Waals surface area (Å²) in [4.78, 5) is 14.1. The monoisotopic (exact) mass is 240 g/mol. The number of fused-ring (bicyclic) bond motifs is 1. The molecule has 2 aliphatic rings. The van der Waals surface area contributed by atoms with E-state index in [1.165, 1.54) is 12.8 Å². The maximum absolute atomic E-state index is 12.1. The molecular weight excluding hydrogens is 216 g/mol. The Morgan fingerprint density at radius 2 is 2.06 bits per heavy atom. The fraction of sp³-hybridized carbons (Fsp3) is 0.923. The first kappa shape index (κ1) is 12.7. The molecule has 0 aromatic carbocycles. The lowest BCUT2D eigenvalue weighted by molar-refractivity contribution is 0.0217. The predicted octanol–water partition coefficient (Wildman–Crippen LogP) is 1.99. The minimum atomic E-state index is -0.400. The molecule has 1 amide bonds. The Kier molecular flexibility index (Phi) is 3.34. The van der Waals surface area contributed by atoms with Gasteiger partial charge in [-0.3, -0.25) is 0 Å². The first-order chi connectivity index (χ1) is 7.92. The van der Waals surface area contributed by atoms with Crippen molar-refractivity contribution < 1.29 is 9.53 Å². The van der Waals surface area contributed by atoms with Gasteiger partial charge in [0.1, 0.15) is 5.60 Å². The summed E-state index contributed by atoms with van der Waals surface area (Å²) in [6.45, 7) is 6.55. The highest BCUT2D eigenvalue weighted by atomic mass is 16.6. The number of likely N-dealkylation sites (tertiary alicyclic amines) is 1. The highest BCUT2D eigenvalue weighted by Crippen LogP contribution is 2.38. The van der Waals surface area contributed by atoms with Crippen molar-refractivity contribution in [2.45, 2.75) is 57.7 Å². The highest BCUT2D eigenvalue weighted by Gasteiger charge is 2.46. The Bertz CT molecular complexity index is 298. The minimum Gasteiger partial charge on any atom is -0.444 e. The van der Waals surface area contributed by atoms with Gasteiger partial charge in [-0.25, -0.2) is 4.79 Å². The molecule has 3 atom stereocenters. The van der Waals surface area contributed by atoms with Crippen LogP contribution in [0.2, 0.25) is 0 Å². The molecule has 0 radical (unpaired) electrons. The standard InChI is InChI=1S/C13H24N2O2/c1-13(2,3)17-12(16)15-8-10(14-4)9-6-5-7-11(9)15/h9-11,14H,5-8H2,1-4H3. The molecule has 1 heterocycles. The summed E-state index contributed by atoms with van der Waals surface area (Å²) < 4.78 is 5.48. The predicted molar refractivity (Wildman–Crippen MR) is 66.9 cm³/mol. The Morgan fingerprint density at radius 1 is 1.35 bits per heavy atom. The lowest BCUT2D eigenvalue weighted by atomic mass is 10.00. The second-order valence-electron chi connectivity index (χ2n) is 6.19. The number of nitrogens with one attached hydrogen (secondary N) is 1. The Labute approximate surface area is 104 Å². The van der Waals surface area contributed by atoms with Gasteiger partial charge in [0.2, 0.25) is 0 Å². The van der Waals surface area contributed by atoms with E-state index in [9.17, 15) is 4.79 Å². The third-order valence-corrected chi connectivity index (χ3v) is 3.84. The zero-order chi connectivity index (χ0) is 12.6. The van der Waals surface area contributed by atoms with Crippen LogP contribution < -0.4 is 5.32 Å². The summed E-state index contributed by atoms with van der Waals surface area (Å²) in [6, 6.07) is 0.831. The van der Waals surface area contributed by atoms with Crippen LogP contribution in [0.15, 0.2) is 0 Å². The molecular formula is C13H24N2O2. The van der Waals surface area contributed by atoms with Crippen LogP contribution in [0.5, 0.6) is 0 Å². The molecule has 17 heavy (non-hydrogen) atoms. The van der Waals surface area contributed by atoms with Crippen molar-refractivity contribution >= 4 is 6.09 Å². The molecule has 0 bridgehead atoms. The minimum absolute atomic E-state index is 0.146. The van der Waals surface area contributed by atoms with Gasteiger partial charge in [-0.1, -0.05) is 6.42 Å². The molecule has 3 unspecified atom stereocenters. The molecule has 2 rings (SSSR count). The number of hydrogen-bond donors (Lipinski definition) is 1. The number of rotatable bonds is 1. The molecule has 98 valence electrons. The van der Waals surface area contributed by atoms with E-state index in [0.29, 0.717) is 18.0 Å². The smallest absolute Gasteiger partial charge is 0.410 e. The van der Waals surface area contributed by atoms with Gasteiger partial charge in [-0.15, -0.1) is 0 Å². The van der Waals surface area contributed by atoms with Gasteiger partial charge >= 0.3 is 6.09 Å². The van der Waals surface area contributed by atoms with Crippen molar-refractivity contribution in [1.29, 1.82) is 0 Å². The van der Waals surface area contributed by atoms with Crippen molar-refractivity contribution in [3.8, 4) is 0 Å². The number of hydrogen-bond acceptors (Lipinski definition) is 3. The quantitative estimate of drug-likeness (QED) is 0.762. The van der Waals surface area contributed by atoms with Gasteiger partial charge in [0.25, 0.3) is 0 Å². The molecule has 0 aromatic rings. The topological polar surface area (TPSA) is 41.6 Å². The van der Waals surface area contributed by atoms with Gasteiger partial charge in [0.15, 0.2) is 0 Å². The van der Waals surface area contributed by atoms with E-state index in [4.69, 9.17) is 4.74 Å². The summed E-state index contributed by atoms with van der Waals surface area (Å²) in [6.07, 6.45) is 3.44. The van der Waals surface area contributed by atoms with Crippen molar-refractivity contribution in [2.75, 3.05) is 13.6 Å². The van der Waals surface area contributed by atoms with Crippen LogP contribution in [0.1, 0.15) is 40.0 Å². The third kappa shape index (κ3) is 2.57. The fourth-order valence-electron chi connectivity index (χ4n) is 3.14. The Hall–Kier alpha value is -0.770. The van der Waals surface area contributed by atoms with Crippen LogP contribution in [-0.2, 0) is 4.74 Å². The summed E-state index contributed by atoms with van der Waals surface area (Å²) in [5.74, 6) is 0.618. The van der Waals surface area contributed by atoms with Gasteiger partial charge in [0, 0.05) is 18.6 Å². The van der Waals surface area contributed by atoms with Crippen molar-refractivity contribution in [3.05, 3.63) is 0 Å². The zero-order valence-electron chi connectivity index (χ0n) is 11.3. The summed E-state index contributed by atoms with van der Waals surface area (Å²) in [7, 11) is 1.98. The Morgan fingerprint density at radius 3 is 2.65 bits per heavy atom. The van der Waals surface area contributed by atoms with Gasteiger partial charge in [-0.05, 0) is 46.6 Å². The lowest BCUT2D eigenvalue weighted by Crippen LogP contribution is -2.40. The second-order valence-corrected chi connectivity index (χ2v) is 6.19. The average molecular weight is 240 g/mol. The van der Waals surface area contributed by atoms with Crippen molar-refractivity contribution in [3.63, 3.8) is 0 Å². The van der Waals surface area contributed by atoms with Crippen molar-refractivity contribution in [1.82, 2.24) is 10.2 Å². The fourth-order valence-corrected chi connectivity index (χ4v) is 3.14. The van der Waals surface area contributed by atoms with E-state index in [0.717, 1.165) is 13.0 Å². The van der Waals surface area contributed by atoms with Crippen LogP contribution in [-0.4, -0.2) is 42.3 Å². The number of ether oxygens (including phenoxy) is 1. The van der Waals surface area contributed by atoms with E-state index in [-0.39, 0.29) is 6.09 Å². The van der Waals surface area contributed by atoms with Crippen molar-refractivity contribution in [2.24, 2.45) is 5.92 Å². The van der Waals surface area contributed by atoms with Crippen LogP contribution >= 0.6 is 0 Å². The summed E-state index contributed by atoms with van der Waals surface area (Å²) >= 11 is 0. The maximum Gasteiger partial charge on any atom is 0.410 e. The molecule has 4 nitrogen and oxygen atoms in total. The lowest BCUT2D eigenvalue weighted by Gasteiger charge is -2.28. The normalized spacial score (nSPS) is 32.7. The summed E-state index contributed by atoms with van der Waals surface area (Å²) in [5.41, 5.74) is -0.400. The Balaban J connectivity index is 2.04. The van der Waals surface area contributed by atoms with E-state index < -0.39 is 5.60 Å². The number of nitrogens with zero attached hydrogens (tertiary/aromatic N) is 1. The summed E-state index contributed by atoms with van der Waals surface area (Å²) in [5, 5.41) is 3.33.